The van der Waals surface area contributed by atoms with Crippen LogP contribution in [0.15, 0.2) is 48.5 Å². The van der Waals surface area contributed by atoms with Crippen LogP contribution in [0.25, 0.3) is 0 Å². The number of esters is 1. The molecule has 2 aromatic rings. The van der Waals surface area contributed by atoms with Crippen molar-refractivity contribution in [2.45, 2.75) is 13.0 Å². The number of halogens is 1. The van der Waals surface area contributed by atoms with Gasteiger partial charge in [-0.25, -0.2) is 4.79 Å². The second-order valence-electron chi connectivity index (χ2n) is 4.46. The number of rotatable bonds is 4. The fraction of sp³-hybridized carbons (Fsp3) is 0.188. The minimum atomic E-state index is -0.407. The van der Waals surface area contributed by atoms with Crippen molar-refractivity contribution in [1.29, 1.82) is 0 Å². The van der Waals surface area contributed by atoms with Gasteiger partial charge in [-0.05, 0) is 30.7 Å². The summed E-state index contributed by atoms with van der Waals surface area (Å²) in [6.07, 6.45) is 0. The molecule has 4 heteroatoms. The van der Waals surface area contributed by atoms with E-state index in [2.05, 4.69) is 5.32 Å². The van der Waals surface area contributed by atoms with Crippen molar-refractivity contribution in [3.63, 3.8) is 0 Å². The number of anilines is 1. The molecule has 20 heavy (non-hydrogen) atoms. The lowest BCUT2D eigenvalue weighted by atomic mass is 10.1. The summed E-state index contributed by atoms with van der Waals surface area (Å²) in [7, 11) is 1.35. The smallest absolute Gasteiger partial charge is 0.340 e. The van der Waals surface area contributed by atoms with Crippen molar-refractivity contribution in [2.24, 2.45) is 0 Å². The van der Waals surface area contributed by atoms with Crippen LogP contribution in [-0.4, -0.2) is 13.1 Å². The van der Waals surface area contributed by atoms with E-state index in [1.54, 1.807) is 18.2 Å². The third-order valence-corrected chi connectivity index (χ3v) is 3.29. The molecular formula is C16H16ClNO2. The lowest BCUT2D eigenvalue weighted by Crippen LogP contribution is -2.11. The average molecular weight is 290 g/mol. The van der Waals surface area contributed by atoms with Gasteiger partial charge in [0.1, 0.15) is 0 Å². The summed E-state index contributed by atoms with van der Waals surface area (Å²) in [5.41, 5.74) is 2.28. The van der Waals surface area contributed by atoms with Gasteiger partial charge in [0, 0.05) is 16.8 Å². The van der Waals surface area contributed by atoms with E-state index in [-0.39, 0.29) is 6.04 Å². The standard InChI is InChI=1S/C16H16ClNO2/c1-11(12-6-4-3-5-7-12)18-15-9-8-13(17)10-14(15)16(19)20-2/h3-11,18H,1-2H3. The molecule has 0 heterocycles. The Morgan fingerprint density at radius 3 is 2.55 bits per heavy atom. The summed E-state index contributed by atoms with van der Waals surface area (Å²) in [6.45, 7) is 2.03. The number of benzene rings is 2. The van der Waals surface area contributed by atoms with Crippen LogP contribution in [0, 0.1) is 0 Å². The van der Waals surface area contributed by atoms with E-state index in [1.807, 2.05) is 37.3 Å². The van der Waals surface area contributed by atoms with Crippen LogP contribution >= 0.6 is 11.6 Å². The van der Waals surface area contributed by atoms with E-state index in [9.17, 15) is 4.79 Å². The number of nitrogens with one attached hydrogen (secondary N) is 1. The Morgan fingerprint density at radius 1 is 1.20 bits per heavy atom. The van der Waals surface area contributed by atoms with Gasteiger partial charge < -0.3 is 10.1 Å². The van der Waals surface area contributed by atoms with E-state index in [0.717, 1.165) is 5.56 Å². The molecule has 0 bridgehead atoms. The zero-order valence-corrected chi connectivity index (χ0v) is 12.1. The lowest BCUT2D eigenvalue weighted by molar-refractivity contribution is 0.0602. The zero-order valence-electron chi connectivity index (χ0n) is 11.4. The highest BCUT2D eigenvalue weighted by Crippen LogP contribution is 2.25. The van der Waals surface area contributed by atoms with Crippen molar-refractivity contribution in [3.8, 4) is 0 Å². The fourth-order valence-electron chi connectivity index (χ4n) is 1.98. The molecule has 0 spiro atoms. The third-order valence-electron chi connectivity index (χ3n) is 3.06. The van der Waals surface area contributed by atoms with E-state index in [4.69, 9.17) is 16.3 Å². The van der Waals surface area contributed by atoms with Crippen LogP contribution < -0.4 is 5.32 Å². The van der Waals surface area contributed by atoms with Crippen molar-refractivity contribution in [1.82, 2.24) is 0 Å². The summed E-state index contributed by atoms with van der Waals surface area (Å²) in [5.74, 6) is -0.407. The fourth-order valence-corrected chi connectivity index (χ4v) is 2.15. The van der Waals surface area contributed by atoms with Crippen LogP contribution in [0.3, 0.4) is 0 Å². The van der Waals surface area contributed by atoms with Crippen LogP contribution in [0.1, 0.15) is 28.9 Å². The minimum Gasteiger partial charge on any atom is -0.465 e. The first-order chi connectivity index (χ1) is 9.61. The second-order valence-corrected chi connectivity index (χ2v) is 4.89. The van der Waals surface area contributed by atoms with Crippen molar-refractivity contribution in [3.05, 3.63) is 64.7 Å². The van der Waals surface area contributed by atoms with Crippen molar-refractivity contribution in [2.75, 3.05) is 12.4 Å². The van der Waals surface area contributed by atoms with Crippen LogP contribution in [-0.2, 0) is 4.74 Å². The highest BCUT2D eigenvalue weighted by Gasteiger charge is 2.14. The summed E-state index contributed by atoms with van der Waals surface area (Å²) < 4.78 is 4.78. The predicted molar refractivity (Wildman–Crippen MR) is 81.3 cm³/mol. The molecule has 0 radical (unpaired) electrons. The van der Waals surface area contributed by atoms with Gasteiger partial charge >= 0.3 is 5.97 Å². The number of ether oxygens (including phenoxy) is 1. The van der Waals surface area contributed by atoms with E-state index >= 15 is 0 Å². The maximum atomic E-state index is 11.8. The molecule has 0 aliphatic carbocycles. The maximum Gasteiger partial charge on any atom is 0.340 e. The average Bonchev–Trinajstić information content (AvgIpc) is 2.49. The lowest BCUT2D eigenvalue weighted by Gasteiger charge is -2.18. The Morgan fingerprint density at radius 2 is 1.90 bits per heavy atom. The molecule has 0 fully saturated rings. The Bertz CT molecular complexity index is 599. The molecule has 2 rings (SSSR count). The third kappa shape index (κ3) is 3.31. The molecule has 0 saturated heterocycles. The number of methoxy groups -OCH3 is 1. The number of hydrogen-bond acceptors (Lipinski definition) is 3. The highest BCUT2D eigenvalue weighted by atomic mass is 35.5. The van der Waals surface area contributed by atoms with Crippen LogP contribution in [0.2, 0.25) is 5.02 Å². The van der Waals surface area contributed by atoms with Crippen LogP contribution in [0.4, 0.5) is 5.69 Å². The number of carbonyl (C=O) groups excluding carboxylic acids is 1. The van der Waals surface area contributed by atoms with Crippen LogP contribution in [0.5, 0.6) is 0 Å². The molecule has 0 aliphatic heterocycles. The van der Waals surface area contributed by atoms with Crippen molar-refractivity contribution >= 4 is 23.3 Å². The Hall–Kier alpha value is -2.00. The molecule has 2 aromatic carbocycles. The predicted octanol–water partition coefficient (Wildman–Crippen LogP) is 4.30. The summed E-state index contributed by atoms with van der Waals surface area (Å²) in [6, 6.07) is 15.2. The van der Waals surface area contributed by atoms with E-state index < -0.39 is 5.97 Å². The molecule has 1 N–H and O–H groups in total. The maximum absolute atomic E-state index is 11.8. The molecule has 1 unspecified atom stereocenters. The highest BCUT2D eigenvalue weighted by molar-refractivity contribution is 6.31. The number of carbonyl (C=O) groups is 1. The Kier molecular flexibility index (Phi) is 4.64. The number of hydrogen-bond donors (Lipinski definition) is 1. The van der Waals surface area contributed by atoms with Gasteiger partial charge in [0.2, 0.25) is 0 Å². The molecule has 1 atom stereocenters. The first-order valence-corrected chi connectivity index (χ1v) is 6.69. The molecule has 0 aliphatic rings. The monoisotopic (exact) mass is 289 g/mol. The second kappa shape index (κ2) is 6.44. The summed E-state index contributed by atoms with van der Waals surface area (Å²) >= 11 is 5.94. The van der Waals surface area contributed by atoms with E-state index in [1.165, 1.54) is 7.11 Å². The Balaban J connectivity index is 2.27. The van der Waals surface area contributed by atoms with Crippen molar-refractivity contribution < 1.29 is 9.53 Å². The van der Waals surface area contributed by atoms with Gasteiger partial charge in [0.05, 0.1) is 12.7 Å². The zero-order chi connectivity index (χ0) is 14.5. The van der Waals surface area contributed by atoms with E-state index in [0.29, 0.717) is 16.3 Å². The summed E-state index contributed by atoms with van der Waals surface area (Å²) in [4.78, 5) is 11.8. The SMILES string of the molecule is COC(=O)c1cc(Cl)ccc1NC(C)c1ccccc1. The topological polar surface area (TPSA) is 38.3 Å². The largest absolute Gasteiger partial charge is 0.465 e. The molecule has 0 saturated carbocycles. The molecular weight excluding hydrogens is 274 g/mol. The van der Waals surface area contributed by atoms with Gasteiger partial charge in [-0.2, -0.15) is 0 Å². The minimum absolute atomic E-state index is 0.0702. The molecule has 3 nitrogen and oxygen atoms in total. The quantitative estimate of drug-likeness (QED) is 0.853. The van der Waals surface area contributed by atoms with Gasteiger partial charge in [-0.1, -0.05) is 41.9 Å². The normalized spacial score (nSPS) is 11.8. The molecule has 104 valence electrons. The van der Waals surface area contributed by atoms with Gasteiger partial charge in [0.15, 0.2) is 0 Å². The van der Waals surface area contributed by atoms with Gasteiger partial charge in [0.25, 0.3) is 0 Å². The first kappa shape index (κ1) is 14.4. The molecule has 0 amide bonds. The Labute approximate surface area is 123 Å². The molecule has 0 aromatic heterocycles. The van der Waals surface area contributed by atoms with Gasteiger partial charge in [-0.3, -0.25) is 0 Å². The van der Waals surface area contributed by atoms with Gasteiger partial charge in [-0.15, -0.1) is 0 Å². The first-order valence-electron chi connectivity index (χ1n) is 6.31. The summed E-state index contributed by atoms with van der Waals surface area (Å²) in [5, 5.41) is 3.81.